The van der Waals surface area contributed by atoms with Crippen LogP contribution in [0.15, 0.2) is 29.2 Å². The minimum Gasteiger partial charge on any atom is -0.481 e. The van der Waals surface area contributed by atoms with E-state index in [0.29, 0.717) is 25.2 Å². The number of carbonyl (C=O) groups excluding carboxylic acids is 1. The van der Waals surface area contributed by atoms with Gasteiger partial charge >= 0.3 is 5.97 Å². The summed E-state index contributed by atoms with van der Waals surface area (Å²) >= 11 is 0. The Bertz CT molecular complexity index is 841. The van der Waals surface area contributed by atoms with Crippen molar-refractivity contribution in [1.82, 2.24) is 4.90 Å². The first-order valence-corrected chi connectivity index (χ1v) is 10.1. The average molecular weight is 381 g/mol. The number of nitrogens with one attached hydrogen (secondary N) is 1. The summed E-state index contributed by atoms with van der Waals surface area (Å²) in [5.41, 5.74) is -0.414. The van der Waals surface area contributed by atoms with Gasteiger partial charge in [0.25, 0.3) is 0 Å². The van der Waals surface area contributed by atoms with E-state index in [4.69, 9.17) is 5.14 Å². The highest BCUT2D eigenvalue weighted by Gasteiger charge is 2.55. The minimum absolute atomic E-state index is 0.0703. The van der Waals surface area contributed by atoms with Gasteiger partial charge in [0.15, 0.2) is 0 Å². The first-order valence-electron chi connectivity index (χ1n) is 8.55. The maximum atomic E-state index is 12.6. The number of hydrogen-bond acceptors (Lipinski definition) is 5. The van der Waals surface area contributed by atoms with Gasteiger partial charge in [0.2, 0.25) is 15.9 Å². The Labute approximate surface area is 152 Å². The minimum atomic E-state index is -3.85. The first kappa shape index (κ1) is 18.8. The van der Waals surface area contributed by atoms with E-state index in [1.165, 1.54) is 18.2 Å². The lowest BCUT2D eigenvalue weighted by molar-refractivity contribution is -0.149. The standard InChI is InChI=1S/C17H23N3O5S/c1-11(20-9-12-4-3-7-17(12,10-20)16(22)23)15(21)19-13-5-2-6-14(8-13)26(18,24)25/h2,5-6,8,11-12H,3-4,7,9-10H2,1H3,(H,19,21)(H,22,23)(H2,18,24,25)/t11?,12-,17+/m0/s1. The summed E-state index contributed by atoms with van der Waals surface area (Å²) in [6.45, 7) is 2.67. The molecule has 2 aliphatic rings. The number of aliphatic carboxylic acids is 1. The smallest absolute Gasteiger partial charge is 0.311 e. The number of carboxylic acids is 1. The largest absolute Gasteiger partial charge is 0.481 e. The van der Waals surface area contributed by atoms with E-state index in [-0.39, 0.29) is 16.7 Å². The summed E-state index contributed by atoms with van der Waals surface area (Å²) < 4.78 is 22.9. The van der Waals surface area contributed by atoms with Crippen molar-refractivity contribution in [2.45, 2.75) is 37.1 Å². The van der Waals surface area contributed by atoms with E-state index in [9.17, 15) is 23.1 Å². The van der Waals surface area contributed by atoms with Crippen LogP contribution in [0, 0.1) is 11.3 Å². The number of rotatable bonds is 5. The molecular formula is C17H23N3O5S. The van der Waals surface area contributed by atoms with Gasteiger partial charge in [-0.25, -0.2) is 13.6 Å². The lowest BCUT2D eigenvalue weighted by atomic mass is 9.81. The SMILES string of the molecule is CC(C(=O)Nc1cccc(S(N)(=O)=O)c1)N1C[C@@H]2CCC[C@@]2(C(=O)O)C1. The third-order valence-electron chi connectivity index (χ3n) is 5.68. The van der Waals surface area contributed by atoms with Gasteiger partial charge in [0, 0.05) is 18.8 Å². The van der Waals surface area contributed by atoms with Gasteiger partial charge < -0.3 is 10.4 Å². The van der Waals surface area contributed by atoms with Crippen LogP contribution in [0.1, 0.15) is 26.2 Å². The Morgan fingerprint density at radius 1 is 1.42 bits per heavy atom. The molecule has 9 heteroatoms. The third kappa shape index (κ3) is 3.34. The van der Waals surface area contributed by atoms with Gasteiger partial charge in [0.1, 0.15) is 0 Å². The van der Waals surface area contributed by atoms with Crippen LogP contribution in [0.3, 0.4) is 0 Å². The molecule has 0 bridgehead atoms. The molecule has 1 aromatic carbocycles. The first-order chi connectivity index (χ1) is 12.1. The molecule has 3 rings (SSSR count). The molecule has 0 spiro atoms. The molecule has 8 nitrogen and oxygen atoms in total. The Morgan fingerprint density at radius 2 is 2.15 bits per heavy atom. The predicted molar refractivity (Wildman–Crippen MR) is 94.9 cm³/mol. The maximum Gasteiger partial charge on any atom is 0.311 e. The third-order valence-corrected chi connectivity index (χ3v) is 6.59. The molecule has 0 aromatic heterocycles. The zero-order valence-electron chi connectivity index (χ0n) is 14.5. The van der Waals surface area contributed by atoms with E-state index in [2.05, 4.69) is 5.32 Å². The van der Waals surface area contributed by atoms with E-state index in [1.807, 2.05) is 4.90 Å². The molecule has 0 radical (unpaired) electrons. The quantitative estimate of drug-likeness (QED) is 0.693. The van der Waals surface area contributed by atoms with Gasteiger partial charge in [-0.2, -0.15) is 0 Å². The fourth-order valence-electron chi connectivity index (χ4n) is 4.14. The van der Waals surface area contributed by atoms with E-state index in [1.54, 1.807) is 13.0 Å². The van der Waals surface area contributed by atoms with E-state index in [0.717, 1.165) is 12.8 Å². The van der Waals surface area contributed by atoms with Crippen LogP contribution in [-0.4, -0.2) is 49.4 Å². The molecule has 1 aliphatic carbocycles. The number of likely N-dealkylation sites (tertiary alicyclic amines) is 1. The van der Waals surface area contributed by atoms with Crippen LogP contribution >= 0.6 is 0 Å². The van der Waals surface area contributed by atoms with Crippen molar-refractivity contribution >= 4 is 27.6 Å². The predicted octanol–water partition coefficient (Wildman–Crippen LogP) is 0.848. The van der Waals surface area contributed by atoms with E-state index < -0.39 is 27.4 Å². The number of sulfonamides is 1. The lowest BCUT2D eigenvalue weighted by Crippen LogP contribution is -2.43. The molecule has 1 saturated heterocycles. The second-order valence-electron chi connectivity index (χ2n) is 7.22. The fraction of sp³-hybridized carbons (Fsp3) is 0.529. The summed E-state index contributed by atoms with van der Waals surface area (Å²) in [4.78, 5) is 26.2. The molecule has 26 heavy (non-hydrogen) atoms. The van der Waals surface area contributed by atoms with E-state index >= 15 is 0 Å². The van der Waals surface area contributed by atoms with Crippen molar-refractivity contribution in [3.63, 3.8) is 0 Å². The number of primary sulfonamides is 1. The highest BCUT2D eigenvalue weighted by molar-refractivity contribution is 7.89. The zero-order chi connectivity index (χ0) is 19.1. The van der Waals surface area contributed by atoms with Crippen molar-refractivity contribution < 1.29 is 23.1 Å². The number of carbonyl (C=O) groups is 2. The fourth-order valence-corrected chi connectivity index (χ4v) is 4.70. The molecule has 1 saturated carbocycles. The van der Waals surface area contributed by atoms with Gasteiger partial charge in [-0.05, 0) is 43.9 Å². The average Bonchev–Trinajstić information content (AvgIpc) is 3.11. The molecule has 1 heterocycles. The molecule has 142 valence electrons. The highest BCUT2D eigenvalue weighted by atomic mass is 32.2. The second kappa shape index (κ2) is 6.64. The molecule has 1 aliphatic heterocycles. The van der Waals surface area contributed by atoms with Crippen LogP contribution in [0.25, 0.3) is 0 Å². The molecule has 1 amide bonds. The van der Waals surface area contributed by atoms with Gasteiger partial charge in [-0.1, -0.05) is 12.5 Å². The summed E-state index contributed by atoms with van der Waals surface area (Å²) in [5.74, 6) is -1.02. The molecule has 1 unspecified atom stereocenters. The van der Waals surface area contributed by atoms with Crippen molar-refractivity contribution in [3.05, 3.63) is 24.3 Å². The Balaban J connectivity index is 1.71. The maximum absolute atomic E-state index is 12.6. The number of hydrogen-bond donors (Lipinski definition) is 3. The summed E-state index contributed by atoms with van der Waals surface area (Å²) in [5, 5.41) is 17.5. The number of carboxylic acid groups (broad SMARTS) is 1. The monoisotopic (exact) mass is 381 g/mol. The van der Waals surface area contributed by atoms with Gasteiger partial charge in [0.05, 0.1) is 16.4 Å². The van der Waals surface area contributed by atoms with Crippen molar-refractivity contribution in [2.75, 3.05) is 18.4 Å². The van der Waals surface area contributed by atoms with Crippen LogP contribution in [-0.2, 0) is 19.6 Å². The number of amides is 1. The summed E-state index contributed by atoms with van der Waals surface area (Å²) in [6.07, 6.45) is 2.42. The number of benzene rings is 1. The topological polar surface area (TPSA) is 130 Å². The number of nitrogens with zero attached hydrogens (tertiary/aromatic N) is 1. The lowest BCUT2D eigenvalue weighted by Gasteiger charge is -2.26. The molecule has 1 aromatic rings. The normalized spacial score (nSPS) is 27.1. The molecule has 3 atom stereocenters. The Kier molecular flexibility index (Phi) is 4.80. The number of fused-ring (bicyclic) bond motifs is 1. The second-order valence-corrected chi connectivity index (χ2v) is 8.78. The molecular weight excluding hydrogens is 358 g/mol. The Hall–Kier alpha value is -1.97. The van der Waals surface area contributed by atoms with Gasteiger partial charge in [-0.15, -0.1) is 0 Å². The van der Waals surface area contributed by atoms with Crippen molar-refractivity contribution in [2.24, 2.45) is 16.5 Å². The summed E-state index contributed by atoms with van der Waals surface area (Å²) in [6, 6.07) is 5.22. The zero-order valence-corrected chi connectivity index (χ0v) is 15.3. The van der Waals surface area contributed by atoms with Crippen LogP contribution in [0.2, 0.25) is 0 Å². The molecule has 4 N–H and O–H groups in total. The van der Waals surface area contributed by atoms with Crippen molar-refractivity contribution in [1.29, 1.82) is 0 Å². The van der Waals surface area contributed by atoms with Crippen molar-refractivity contribution in [3.8, 4) is 0 Å². The van der Waals surface area contributed by atoms with Gasteiger partial charge in [-0.3, -0.25) is 14.5 Å². The van der Waals surface area contributed by atoms with Crippen LogP contribution in [0.4, 0.5) is 5.69 Å². The highest BCUT2D eigenvalue weighted by Crippen LogP contribution is 2.49. The summed E-state index contributed by atoms with van der Waals surface area (Å²) in [7, 11) is -3.85. The number of nitrogens with two attached hydrogens (primary N) is 1. The van der Waals surface area contributed by atoms with Crippen LogP contribution < -0.4 is 10.5 Å². The van der Waals surface area contributed by atoms with Crippen LogP contribution in [0.5, 0.6) is 0 Å². The Morgan fingerprint density at radius 3 is 2.77 bits per heavy atom. The molecule has 2 fully saturated rings. The number of anilines is 1.